The molecule has 0 atom stereocenters. The van der Waals surface area contributed by atoms with Gasteiger partial charge in [0.1, 0.15) is 5.75 Å². The van der Waals surface area contributed by atoms with Crippen LogP contribution in [0.25, 0.3) is 10.9 Å². The second kappa shape index (κ2) is 4.51. The van der Waals surface area contributed by atoms with Gasteiger partial charge in [0.05, 0.1) is 24.7 Å². The van der Waals surface area contributed by atoms with E-state index < -0.39 is 0 Å². The number of rotatable bonds is 3. The van der Waals surface area contributed by atoms with Gasteiger partial charge >= 0.3 is 0 Å². The molecule has 0 aliphatic heterocycles. The molecule has 0 amide bonds. The fourth-order valence-corrected chi connectivity index (χ4v) is 1.75. The Morgan fingerprint density at radius 3 is 2.82 bits per heavy atom. The Kier molecular flexibility index (Phi) is 3.06. The predicted molar refractivity (Wildman–Crippen MR) is 66.4 cm³/mol. The van der Waals surface area contributed by atoms with Crippen molar-refractivity contribution in [2.45, 2.75) is 6.92 Å². The summed E-state index contributed by atoms with van der Waals surface area (Å²) in [5, 5.41) is 0.910. The van der Waals surface area contributed by atoms with Gasteiger partial charge in [-0.05, 0) is 19.1 Å². The molecule has 0 aliphatic carbocycles. The summed E-state index contributed by atoms with van der Waals surface area (Å²) in [6.45, 7) is 1.89. The molecule has 1 aromatic heterocycles. The first-order chi connectivity index (χ1) is 8.15. The lowest BCUT2D eigenvalue weighted by atomic mass is 10.1. The molecule has 4 nitrogen and oxygen atoms in total. The van der Waals surface area contributed by atoms with Crippen LogP contribution in [0, 0.1) is 6.92 Å². The fourth-order valence-electron chi connectivity index (χ4n) is 1.75. The van der Waals surface area contributed by atoms with E-state index in [9.17, 15) is 4.79 Å². The van der Waals surface area contributed by atoms with Crippen molar-refractivity contribution in [3.05, 3.63) is 35.5 Å². The summed E-state index contributed by atoms with van der Waals surface area (Å²) in [5.74, 6) is 0.385. The molecule has 0 radical (unpaired) electrons. The Balaban J connectivity index is 2.68. The number of aryl methyl sites for hydroxylation is 1. The van der Waals surface area contributed by atoms with E-state index in [0.717, 1.165) is 16.6 Å². The third-order valence-electron chi connectivity index (χ3n) is 2.64. The highest BCUT2D eigenvalue weighted by molar-refractivity contribution is 6.03. The van der Waals surface area contributed by atoms with E-state index in [1.54, 1.807) is 12.1 Å². The lowest BCUT2D eigenvalue weighted by Crippen LogP contribution is -2.14. The number of carbonyl (C=O) groups is 1. The number of Topliss-reactive ketones (excluding diaryl/α,β-unsaturated/α-hetero) is 1. The van der Waals surface area contributed by atoms with Gasteiger partial charge in [-0.3, -0.25) is 9.78 Å². The second-order valence-electron chi connectivity index (χ2n) is 3.83. The maximum Gasteiger partial charge on any atom is 0.180 e. The molecule has 1 heterocycles. The first kappa shape index (κ1) is 11.5. The summed E-state index contributed by atoms with van der Waals surface area (Å²) in [5.41, 5.74) is 7.63. The number of ether oxygens (including phenoxy) is 1. The minimum Gasteiger partial charge on any atom is -0.496 e. The maximum atomic E-state index is 11.7. The lowest BCUT2D eigenvalue weighted by molar-refractivity contribution is 0.0998. The molecular weight excluding hydrogens is 216 g/mol. The molecule has 1 aromatic carbocycles. The standard InChI is InChI=1S/C13H14N2O2/c1-8-3-4-9-5-10(12(16)7-14)13(17-2)6-11(9)15-8/h3-6H,7,14H2,1-2H3. The number of hydrogen-bond donors (Lipinski definition) is 1. The van der Waals surface area contributed by atoms with Crippen LogP contribution in [0.1, 0.15) is 16.1 Å². The third kappa shape index (κ3) is 2.12. The minimum absolute atomic E-state index is 0.0266. The van der Waals surface area contributed by atoms with Crippen molar-refractivity contribution in [1.82, 2.24) is 4.98 Å². The van der Waals surface area contributed by atoms with Crippen molar-refractivity contribution >= 4 is 16.7 Å². The van der Waals surface area contributed by atoms with Crippen molar-refractivity contribution in [2.75, 3.05) is 13.7 Å². The van der Waals surface area contributed by atoms with Crippen LogP contribution in [-0.2, 0) is 0 Å². The Hall–Kier alpha value is -1.94. The van der Waals surface area contributed by atoms with Crippen molar-refractivity contribution in [3.63, 3.8) is 0 Å². The largest absolute Gasteiger partial charge is 0.496 e. The number of fused-ring (bicyclic) bond motifs is 1. The van der Waals surface area contributed by atoms with Crippen molar-refractivity contribution in [1.29, 1.82) is 0 Å². The Morgan fingerprint density at radius 2 is 2.18 bits per heavy atom. The number of ketones is 1. The molecule has 17 heavy (non-hydrogen) atoms. The van der Waals surface area contributed by atoms with E-state index >= 15 is 0 Å². The molecule has 88 valence electrons. The second-order valence-corrected chi connectivity index (χ2v) is 3.83. The van der Waals surface area contributed by atoms with Crippen molar-refractivity contribution in [2.24, 2.45) is 5.73 Å². The molecule has 0 bridgehead atoms. The van der Waals surface area contributed by atoms with E-state index in [4.69, 9.17) is 10.5 Å². The number of pyridine rings is 1. The summed E-state index contributed by atoms with van der Waals surface area (Å²) < 4.78 is 5.20. The zero-order valence-corrected chi connectivity index (χ0v) is 9.86. The molecule has 0 saturated heterocycles. The van der Waals surface area contributed by atoms with Crippen LogP contribution < -0.4 is 10.5 Å². The van der Waals surface area contributed by atoms with Crippen LogP contribution in [0.5, 0.6) is 5.75 Å². The van der Waals surface area contributed by atoms with Crippen LogP contribution in [0.4, 0.5) is 0 Å². The van der Waals surface area contributed by atoms with Crippen molar-refractivity contribution in [3.8, 4) is 5.75 Å². The van der Waals surface area contributed by atoms with Gasteiger partial charge in [-0.15, -0.1) is 0 Å². The van der Waals surface area contributed by atoms with Crippen LogP contribution in [-0.4, -0.2) is 24.4 Å². The van der Waals surface area contributed by atoms with Gasteiger partial charge in [-0.2, -0.15) is 0 Å². The van der Waals surface area contributed by atoms with E-state index in [1.165, 1.54) is 7.11 Å². The van der Waals surface area contributed by atoms with Crippen LogP contribution >= 0.6 is 0 Å². The zero-order valence-electron chi connectivity index (χ0n) is 9.86. The number of nitrogens with zero attached hydrogens (tertiary/aromatic N) is 1. The first-order valence-electron chi connectivity index (χ1n) is 5.34. The van der Waals surface area contributed by atoms with Gasteiger partial charge in [0, 0.05) is 17.1 Å². The van der Waals surface area contributed by atoms with E-state index in [1.807, 2.05) is 19.1 Å². The summed E-state index contributed by atoms with van der Waals surface area (Å²) in [6, 6.07) is 7.39. The Morgan fingerprint density at radius 1 is 1.41 bits per heavy atom. The van der Waals surface area contributed by atoms with E-state index in [0.29, 0.717) is 11.3 Å². The third-order valence-corrected chi connectivity index (χ3v) is 2.64. The predicted octanol–water partition coefficient (Wildman–Crippen LogP) is 1.69. The highest BCUT2D eigenvalue weighted by Gasteiger charge is 2.12. The fraction of sp³-hybridized carbons (Fsp3) is 0.231. The molecule has 2 N–H and O–H groups in total. The Bertz CT molecular complexity index is 579. The molecule has 2 rings (SSSR count). The Labute approximate surface area is 99.4 Å². The molecule has 0 unspecified atom stereocenters. The average Bonchev–Trinajstić information content (AvgIpc) is 2.36. The number of benzene rings is 1. The quantitative estimate of drug-likeness (QED) is 0.815. The highest BCUT2D eigenvalue weighted by atomic mass is 16.5. The molecule has 4 heteroatoms. The van der Waals surface area contributed by atoms with Gasteiger partial charge in [0.25, 0.3) is 0 Å². The van der Waals surface area contributed by atoms with E-state index in [-0.39, 0.29) is 12.3 Å². The number of methoxy groups -OCH3 is 1. The molecule has 0 spiro atoms. The zero-order chi connectivity index (χ0) is 12.4. The van der Waals surface area contributed by atoms with Crippen LogP contribution in [0.3, 0.4) is 0 Å². The van der Waals surface area contributed by atoms with E-state index in [2.05, 4.69) is 4.98 Å². The first-order valence-corrected chi connectivity index (χ1v) is 5.34. The highest BCUT2D eigenvalue weighted by Crippen LogP contribution is 2.25. The molecule has 2 aromatic rings. The minimum atomic E-state index is -0.135. The summed E-state index contributed by atoms with van der Waals surface area (Å²) >= 11 is 0. The lowest BCUT2D eigenvalue weighted by Gasteiger charge is -2.08. The van der Waals surface area contributed by atoms with Gasteiger partial charge in [0.15, 0.2) is 5.78 Å². The van der Waals surface area contributed by atoms with Gasteiger partial charge in [0.2, 0.25) is 0 Å². The summed E-state index contributed by atoms with van der Waals surface area (Å²) in [7, 11) is 1.53. The molecule has 0 fully saturated rings. The van der Waals surface area contributed by atoms with Crippen LogP contribution in [0.15, 0.2) is 24.3 Å². The normalized spacial score (nSPS) is 10.5. The average molecular weight is 230 g/mol. The smallest absolute Gasteiger partial charge is 0.180 e. The summed E-state index contributed by atoms with van der Waals surface area (Å²) in [4.78, 5) is 16.1. The molecule has 0 aliphatic rings. The maximum absolute atomic E-state index is 11.7. The number of carbonyl (C=O) groups excluding carboxylic acids is 1. The van der Waals surface area contributed by atoms with Crippen LogP contribution in [0.2, 0.25) is 0 Å². The number of nitrogens with two attached hydrogens (primary N) is 1. The topological polar surface area (TPSA) is 65.2 Å². The van der Waals surface area contributed by atoms with Gasteiger partial charge in [-0.1, -0.05) is 6.07 Å². The number of aromatic nitrogens is 1. The molecular formula is C13H14N2O2. The van der Waals surface area contributed by atoms with Gasteiger partial charge < -0.3 is 10.5 Å². The van der Waals surface area contributed by atoms with Crippen molar-refractivity contribution < 1.29 is 9.53 Å². The number of hydrogen-bond acceptors (Lipinski definition) is 4. The monoisotopic (exact) mass is 230 g/mol. The molecule has 0 saturated carbocycles. The summed E-state index contributed by atoms with van der Waals surface area (Å²) in [6.07, 6.45) is 0. The SMILES string of the molecule is COc1cc2nc(C)ccc2cc1C(=O)CN. The van der Waals surface area contributed by atoms with Gasteiger partial charge in [-0.25, -0.2) is 0 Å².